The summed E-state index contributed by atoms with van der Waals surface area (Å²) < 4.78 is 0. The van der Waals surface area contributed by atoms with Crippen LogP contribution in [0.2, 0.25) is 5.02 Å². The van der Waals surface area contributed by atoms with E-state index >= 15 is 0 Å². The molecule has 18 heavy (non-hydrogen) atoms. The number of hydrogen-bond acceptors (Lipinski definition) is 3. The Morgan fingerprint density at radius 1 is 0.944 bits per heavy atom. The fourth-order valence-corrected chi connectivity index (χ4v) is 2.28. The molecular formula is C14H8ClNO2. The standard InChI is InChI=1S/C14H8ClNO2/c15-8-5-6-11(16-7-8)12-13(17)9-3-1-2-4-10(9)14(12)18/h1-7,12H. The van der Waals surface area contributed by atoms with E-state index in [-0.39, 0.29) is 11.6 Å². The minimum absolute atomic E-state index is 0.189. The highest BCUT2D eigenvalue weighted by Gasteiger charge is 2.39. The maximum atomic E-state index is 12.2. The van der Waals surface area contributed by atoms with Crippen LogP contribution in [-0.4, -0.2) is 16.6 Å². The molecule has 1 aromatic carbocycles. The van der Waals surface area contributed by atoms with Crippen molar-refractivity contribution in [2.45, 2.75) is 5.92 Å². The van der Waals surface area contributed by atoms with Gasteiger partial charge in [0.2, 0.25) is 0 Å². The fourth-order valence-electron chi connectivity index (χ4n) is 2.17. The van der Waals surface area contributed by atoms with Gasteiger partial charge in [-0.3, -0.25) is 14.6 Å². The number of ketones is 2. The number of halogens is 1. The molecule has 0 spiro atoms. The van der Waals surface area contributed by atoms with E-state index in [1.165, 1.54) is 6.20 Å². The summed E-state index contributed by atoms with van der Waals surface area (Å²) in [4.78, 5) is 28.5. The Labute approximate surface area is 108 Å². The van der Waals surface area contributed by atoms with Crippen LogP contribution >= 0.6 is 11.6 Å². The van der Waals surface area contributed by atoms with E-state index in [0.29, 0.717) is 21.8 Å². The van der Waals surface area contributed by atoms with Crippen molar-refractivity contribution in [2.75, 3.05) is 0 Å². The summed E-state index contributed by atoms with van der Waals surface area (Å²) in [6.45, 7) is 0. The number of fused-ring (bicyclic) bond motifs is 1. The maximum Gasteiger partial charge on any atom is 0.180 e. The molecule has 1 heterocycles. The van der Waals surface area contributed by atoms with Crippen LogP contribution < -0.4 is 0 Å². The first-order valence-corrected chi connectivity index (χ1v) is 5.85. The molecule has 0 aliphatic heterocycles. The van der Waals surface area contributed by atoms with Gasteiger partial charge in [0.25, 0.3) is 0 Å². The zero-order chi connectivity index (χ0) is 12.7. The van der Waals surface area contributed by atoms with Gasteiger partial charge >= 0.3 is 0 Å². The summed E-state index contributed by atoms with van der Waals surface area (Å²) in [6, 6.07) is 10.1. The van der Waals surface area contributed by atoms with Gasteiger partial charge in [-0.15, -0.1) is 0 Å². The number of nitrogens with zero attached hydrogens (tertiary/aromatic N) is 1. The molecule has 1 aliphatic carbocycles. The quantitative estimate of drug-likeness (QED) is 0.738. The molecule has 0 bridgehead atoms. The highest BCUT2D eigenvalue weighted by Crippen LogP contribution is 2.33. The molecule has 0 unspecified atom stereocenters. The summed E-state index contributed by atoms with van der Waals surface area (Å²) >= 11 is 5.75. The van der Waals surface area contributed by atoms with Crippen molar-refractivity contribution in [2.24, 2.45) is 0 Å². The van der Waals surface area contributed by atoms with Gasteiger partial charge in [0.1, 0.15) is 5.92 Å². The second-order valence-electron chi connectivity index (χ2n) is 4.11. The molecule has 3 rings (SSSR count). The van der Waals surface area contributed by atoms with Crippen molar-refractivity contribution >= 4 is 23.2 Å². The van der Waals surface area contributed by atoms with Crippen molar-refractivity contribution in [3.8, 4) is 0 Å². The Morgan fingerprint density at radius 3 is 2.06 bits per heavy atom. The molecule has 3 nitrogen and oxygen atoms in total. The molecule has 88 valence electrons. The van der Waals surface area contributed by atoms with E-state index in [4.69, 9.17) is 11.6 Å². The van der Waals surface area contributed by atoms with Crippen LogP contribution in [0.15, 0.2) is 42.6 Å². The molecule has 0 radical (unpaired) electrons. The molecule has 1 aliphatic rings. The zero-order valence-electron chi connectivity index (χ0n) is 9.26. The molecule has 0 N–H and O–H groups in total. The van der Waals surface area contributed by atoms with Crippen LogP contribution in [0.25, 0.3) is 0 Å². The van der Waals surface area contributed by atoms with Gasteiger partial charge in [0.05, 0.1) is 10.7 Å². The molecule has 2 aromatic rings. The summed E-state index contributed by atoms with van der Waals surface area (Å²) in [5, 5.41) is 0.481. The highest BCUT2D eigenvalue weighted by molar-refractivity contribution is 6.31. The summed E-state index contributed by atoms with van der Waals surface area (Å²) in [7, 11) is 0. The number of hydrogen-bond donors (Lipinski definition) is 0. The van der Waals surface area contributed by atoms with E-state index < -0.39 is 5.92 Å². The van der Waals surface area contributed by atoms with Crippen LogP contribution in [0.5, 0.6) is 0 Å². The molecule has 0 amide bonds. The van der Waals surface area contributed by atoms with E-state index in [1.54, 1.807) is 36.4 Å². The van der Waals surface area contributed by atoms with E-state index in [2.05, 4.69) is 4.98 Å². The summed E-state index contributed by atoms with van der Waals surface area (Å²) in [5.41, 5.74) is 1.40. The average Bonchev–Trinajstić information content (AvgIpc) is 2.64. The van der Waals surface area contributed by atoms with Crippen molar-refractivity contribution in [3.05, 3.63) is 64.4 Å². The Hall–Kier alpha value is -2.00. The van der Waals surface area contributed by atoms with Crippen molar-refractivity contribution < 1.29 is 9.59 Å². The molecular weight excluding hydrogens is 250 g/mol. The van der Waals surface area contributed by atoms with E-state index in [1.807, 2.05) is 0 Å². The smallest absolute Gasteiger partial charge is 0.180 e. The van der Waals surface area contributed by atoms with E-state index in [9.17, 15) is 9.59 Å². The number of rotatable bonds is 1. The van der Waals surface area contributed by atoms with Crippen molar-refractivity contribution in [1.29, 1.82) is 0 Å². The van der Waals surface area contributed by atoms with E-state index in [0.717, 1.165) is 0 Å². The Morgan fingerprint density at radius 2 is 1.56 bits per heavy atom. The zero-order valence-corrected chi connectivity index (χ0v) is 10.0. The monoisotopic (exact) mass is 257 g/mol. The third-order valence-electron chi connectivity index (χ3n) is 3.03. The average molecular weight is 258 g/mol. The van der Waals surface area contributed by atoms with Gasteiger partial charge in [-0.25, -0.2) is 0 Å². The summed E-state index contributed by atoms with van der Waals surface area (Å²) in [5.74, 6) is -1.20. The lowest BCUT2D eigenvalue weighted by molar-refractivity contribution is 0.0888. The molecule has 0 fully saturated rings. The molecule has 4 heteroatoms. The maximum absolute atomic E-state index is 12.2. The van der Waals surface area contributed by atoms with Crippen LogP contribution in [0, 0.1) is 0 Å². The van der Waals surface area contributed by atoms with Gasteiger partial charge in [-0.1, -0.05) is 35.9 Å². The minimum atomic E-state index is -0.820. The normalized spacial score (nSPS) is 14.9. The largest absolute Gasteiger partial charge is 0.293 e. The first-order chi connectivity index (χ1) is 8.68. The lowest BCUT2D eigenvalue weighted by Gasteiger charge is -2.05. The highest BCUT2D eigenvalue weighted by atomic mass is 35.5. The third kappa shape index (κ3) is 1.56. The van der Waals surface area contributed by atoms with Crippen molar-refractivity contribution in [3.63, 3.8) is 0 Å². The Balaban J connectivity index is 2.09. The van der Waals surface area contributed by atoms with Gasteiger partial charge < -0.3 is 0 Å². The van der Waals surface area contributed by atoms with Crippen LogP contribution in [-0.2, 0) is 0 Å². The molecule has 0 saturated heterocycles. The number of Topliss-reactive ketones (excluding diaryl/α,β-unsaturated/α-hetero) is 2. The SMILES string of the molecule is O=C1c2ccccc2C(=O)C1c1ccc(Cl)cn1. The molecule has 0 saturated carbocycles. The van der Waals surface area contributed by atoms with Gasteiger partial charge in [-0.2, -0.15) is 0 Å². The lowest BCUT2D eigenvalue weighted by atomic mass is 9.99. The molecule has 1 aromatic heterocycles. The number of carbonyl (C=O) groups is 2. The molecule has 0 atom stereocenters. The second kappa shape index (κ2) is 4.03. The number of benzene rings is 1. The number of carbonyl (C=O) groups excluding carboxylic acids is 2. The third-order valence-corrected chi connectivity index (χ3v) is 3.25. The number of aromatic nitrogens is 1. The van der Waals surface area contributed by atoms with Crippen molar-refractivity contribution in [1.82, 2.24) is 4.98 Å². The lowest BCUT2D eigenvalue weighted by Crippen LogP contribution is -2.14. The first kappa shape index (κ1) is 11.1. The Bertz CT molecular complexity index is 614. The van der Waals surface area contributed by atoms with Gasteiger partial charge in [0.15, 0.2) is 11.6 Å². The second-order valence-corrected chi connectivity index (χ2v) is 4.54. The Kier molecular flexibility index (Phi) is 2.49. The fraction of sp³-hybridized carbons (Fsp3) is 0.0714. The van der Waals surface area contributed by atoms with Crippen LogP contribution in [0.4, 0.5) is 0 Å². The number of pyridine rings is 1. The topological polar surface area (TPSA) is 47.0 Å². The predicted molar refractivity (Wildman–Crippen MR) is 67.1 cm³/mol. The summed E-state index contributed by atoms with van der Waals surface area (Å²) in [6.07, 6.45) is 1.44. The van der Waals surface area contributed by atoms with Crippen LogP contribution in [0.3, 0.4) is 0 Å². The minimum Gasteiger partial charge on any atom is -0.293 e. The first-order valence-electron chi connectivity index (χ1n) is 5.47. The van der Waals surface area contributed by atoms with Gasteiger partial charge in [0, 0.05) is 17.3 Å². The van der Waals surface area contributed by atoms with Crippen LogP contribution in [0.1, 0.15) is 32.3 Å². The van der Waals surface area contributed by atoms with Gasteiger partial charge in [-0.05, 0) is 12.1 Å². The predicted octanol–water partition coefficient (Wildman–Crippen LogP) is 2.90.